The van der Waals surface area contributed by atoms with Crippen LogP contribution in [0, 0.1) is 41.4 Å². The van der Waals surface area contributed by atoms with Crippen LogP contribution >= 0.6 is 11.6 Å². The molecule has 0 radical (unpaired) electrons. The lowest BCUT2D eigenvalue weighted by atomic mass is 9.79. The van der Waals surface area contributed by atoms with Gasteiger partial charge >= 0.3 is 0 Å². The van der Waals surface area contributed by atoms with Crippen molar-refractivity contribution in [1.29, 1.82) is 0 Å². The number of carbonyl (C=O) groups is 12. The van der Waals surface area contributed by atoms with Gasteiger partial charge in [-0.1, -0.05) is 125 Å². The van der Waals surface area contributed by atoms with E-state index in [1.807, 2.05) is 6.92 Å². The van der Waals surface area contributed by atoms with Crippen molar-refractivity contribution in [2.75, 3.05) is 82.1 Å². The molecule has 2 saturated heterocycles. The number of halogens is 1. The van der Waals surface area contributed by atoms with E-state index in [1.54, 1.807) is 32.7 Å². The van der Waals surface area contributed by atoms with Crippen LogP contribution in [0.2, 0.25) is 0 Å². The van der Waals surface area contributed by atoms with Crippen LogP contribution in [0.25, 0.3) is 0 Å². The van der Waals surface area contributed by atoms with Crippen molar-refractivity contribution in [2.24, 2.45) is 41.4 Å². The second kappa shape index (κ2) is 37.9. The lowest BCUT2D eigenvalue weighted by Crippen LogP contribution is -2.61. The van der Waals surface area contributed by atoms with Crippen LogP contribution in [0.5, 0.6) is 0 Å². The molecule has 24 nitrogen and oxygen atoms in total. The topological polar surface area (TPSA) is 279 Å². The fraction of sp³-hybridized carbons (Fsp3) is 0.833. The number of rotatable bonds is 12. The predicted molar refractivity (Wildman–Crippen MR) is 372 cm³/mol. The third kappa shape index (κ3) is 22.7. The molecule has 0 spiro atoms. The number of carbonyl (C=O) groups excluding carboxylic acids is 12. The summed E-state index contributed by atoms with van der Waals surface area (Å²) >= 11 is 6.54. The van der Waals surface area contributed by atoms with E-state index in [1.165, 1.54) is 68.8 Å². The first-order valence-corrected chi connectivity index (χ1v) is 37.3. The summed E-state index contributed by atoms with van der Waals surface area (Å²) in [6.07, 6.45) is 18.1. The fourth-order valence-electron chi connectivity index (χ4n) is 15.8. The van der Waals surface area contributed by atoms with Crippen molar-refractivity contribution >= 4 is 82.5 Å². The summed E-state index contributed by atoms with van der Waals surface area (Å²) < 4.78 is 0. The van der Waals surface area contributed by atoms with Crippen molar-refractivity contribution in [3.05, 3.63) is 0 Å². The highest BCUT2D eigenvalue weighted by Gasteiger charge is 2.44. The van der Waals surface area contributed by atoms with Gasteiger partial charge in [0.2, 0.25) is 70.9 Å². The van der Waals surface area contributed by atoms with E-state index >= 15 is 19.2 Å². The number of hydrogen-bond acceptors (Lipinski definition) is 12. The Balaban J connectivity index is 1.41. The predicted octanol–water partition coefficient (Wildman–Crippen LogP) is 5.70. The molecule has 25 heteroatoms. The van der Waals surface area contributed by atoms with Crippen LogP contribution < -0.4 is 21.3 Å². The molecule has 4 N–H and O–H groups in total. The zero-order chi connectivity index (χ0) is 71.5. The van der Waals surface area contributed by atoms with Crippen LogP contribution in [0.1, 0.15) is 208 Å². The minimum atomic E-state index is -1.41. The molecular formula is C72H121ClN12O12. The van der Waals surface area contributed by atoms with Gasteiger partial charge in [0.25, 0.3) is 0 Å². The van der Waals surface area contributed by atoms with E-state index in [9.17, 15) is 38.4 Å². The van der Waals surface area contributed by atoms with E-state index in [0.717, 1.165) is 105 Å². The molecule has 0 aromatic carbocycles. The summed E-state index contributed by atoms with van der Waals surface area (Å²) in [5.41, 5.74) is 0. The third-order valence-electron chi connectivity index (χ3n) is 22.5. The standard InChI is InChI=1S/C72H121ClN12O12/c1-14-47(5)63-72(97)80(9)43-61(88)78(7)44-62(89)82(11)57(40-51-30-32-53(73)33-31-51)70(95)79(8)42-59(86)74-54(38-52-29-23-24-46(4)36-52)66(91)75-55(37-49-25-17-15-18-26-49)68(93)83(12)58(39-50-27-19-16-20-28-50)71(96)84(13)64(45(2)3)67(92)76-56(69(94)85-34-21-22-35-85)41-60(87)81(10)48(6)65(90)77-63/h45-58,63-64H,14-44H2,1-13H3,(H,74,86)(H,75,91)(H,76,92)(H,77,90)/t46?,47-,48-,51?,52?,53?,54-,55-,56-,57-,58-,63-,64-/m0/s1. The maximum atomic E-state index is 15.7. The lowest BCUT2D eigenvalue weighted by Gasteiger charge is -2.39. The summed E-state index contributed by atoms with van der Waals surface area (Å²) in [4.78, 5) is 188. The summed E-state index contributed by atoms with van der Waals surface area (Å²) in [6, 6.07) is -9.37. The Morgan fingerprint density at radius 1 is 0.474 bits per heavy atom. The number of hydrogen-bond donors (Lipinski definition) is 4. The van der Waals surface area contributed by atoms with E-state index in [4.69, 9.17) is 11.6 Å². The van der Waals surface area contributed by atoms with E-state index in [-0.39, 0.29) is 54.7 Å². The first kappa shape index (κ1) is 79.9. The summed E-state index contributed by atoms with van der Waals surface area (Å²) in [6.45, 7) is 10.2. The highest BCUT2D eigenvalue weighted by molar-refractivity contribution is 6.20. The molecule has 2 heterocycles. The third-order valence-corrected chi connectivity index (χ3v) is 23.0. The molecule has 97 heavy (non-hydrogen) atoms. The highest BCUT2D eigenvalue weighted by atomic mass is 35.5. The number of nitrogens with one attached hydrogen (secondary N) is 4. The van der Waals surface area contributed by atoms with Gasteiger partial charge in [0.1, 0.15) is 48.3 Å². The largest absolute Gasteiger partial charge is 0.343 e. The minimum absolute atomic E-state index is 0.00562. The quantitative estimate of drug-likeness (QED) is 0.171. The summed E-state index contributed by atoms with van der Waals surface area (Å²) in [7, 11) is 10.3. The number of likely N-dealkylation sites (tertiary alicyclic amines) is 1. The van der Waals surface area contributed by atoms with E-state index < -0.39 is 157 Å². The zero-order valence-electron chi connectivity index (χ0n) is 61.0. The van der Waals surface area contributed by atoms with Gasteiger partial charge in [-0.15, -0.1) is 11.6 Å². The number of likely N-dealkylation sites (N-methyl/N-ethyl adjacent to an activating group) is 7. The monoisotopic (exact) mass is 1380 g/mol. The molecule has 11 atom stereocenters. The first-order chi connectivity index (χ1) is 45.9. The van der Waals surface area contributed by atoms with Gasteiger partial charge in [-0.25, -0.2) is 0 Å². The van der Waals surface area contributed by atoms with Crippen molar-refractivity contribution in [2.45, 2.75) is 262 Å². The van der Waals surface area contributed by atoms with Gasteiger partial charge in [0, 0.05) is 67.8 Å². The maximum Gasteiger partial charge on any atom is 0.245 e. The highest BCUT2D eigenvalue weighted by Crippen LogP contribution is 2.35. The lowest BCUT2D eigenvalue weighted by molar-refractivity contribution is -0.151. The molecule has 6 fully saturated rings. The second-order valence-corrected chi connectivity index (χ2v) is 31.1. The Morgan fingerprint density at radius 2 is 1.01 bits per heavy atom. The van der Waals surface area contributed by atoms with Crippen LogP contribution in [0.15, 0.2) is 0 Å². The first-order valence-electron chi connectivity index (χ1n) is 36.8. The number of alkyl halides is 1. The van der Waals surface area contributed by atoms with Crippen LogP contribution in [-0.2, 0) is 57.5 Å². The molecule has 6 aliphatic rings. The van der Waals surface area contributed by atoms with Gasteiger partial charge in [-0.3, -0.25) is 57.5 Å². The summed E-state index contributed by atoms with van der Waals surface area (Å²) in [5.74, 6) is -7.49. The number of amides is 12. The molecule has 12 amide bonds. The molecule has 0 aromatic rings. The normalized spacial score (nSPS) is 30.9. The number of nitrogens with zero attached hydrogens (tertiary/aromatic N) is 8. The van der Waals surface area contributed by atoms with Crippen molar-refractivity contribution in [3.63, 3.8) is 0 Å². The van der Waals surface area contributed by atoms with Crippen LogP contribution in [0.4, 0.5) is 0 Å². The fourth-order valence-corrected chi connectivity index (χ4v) is 16.1. The maximum absolute atomic E-state index is 15.7. The SMILES string of the molecule is CC[C@H](C)[C@@H]1NC(=O)[C@H](C)N(C)C(=O)C[C@@H](C(=O)N2CCCC2)NC(=O)[C@H](C(C)C)N(C)C(=O)[C@H](CC2CCCCC2)N(C)C(=O)[C@H](CC2CCCCC2)NC(=O)[C@H](CC2CCCC(C)C2)NC(=O)CN(C)C(=O)[C@H](CC2CCC(Cl)CC2)N(C)C(=O)CN(C)C(=O)CN(C)C1=O. The molecule has 4 aliphatic carbocycles. The summed E-state index contributed by atoms with van der Waals surface area (Å²) in [5, 5.41) is 11.8. The molecule has 2 unspecified atom stereocenters. The van der Waals surface area contributed by atoms with Crippen LogP contribution in [-0.4, -0.2) is 246 Å². The Hall–Kier alpha value is -6.07. The Kier molecular flexibility index (Phi) is 31.2. The van der Waals surface area contributed by atoms with Gasteiger partial charge in [0.05, 0.1) is 26.1 Å². The molecular weight excluding hydrogens is 1260 g/mol. The Bertz CT molecular complexity index is 2710. The molecule has 4 saturated carbocycles. The van der Waals surface area contributed by atoms with E-state index in [2.05, 4.69) is 28.2 Å². The van der Waals surface area contributed by atoms with Gasteiger partial charge in [0.15, 0.2) is 0 Å². The zero-order valence-corrected chi connectivity index (χ0v) is 61.8. The van der Waals surface area contributed by atoms with Crippen LogP contribution in [0.3, 0.4) is 0 Å². The smallest absolute Gasteiger partial charge is 0.245 e. The molecule has 6 rings (SSSR count). The molecule has 2 aliphatic heterocycles. The average molecular weight is 1380 g/mol. The van der Waals surface area contributed by atoms with E-state index in [0.29, 0.717) is 64.0 Å². The van der Waals surface area contributed by atoms with Gasteiger partial charge in [-0.2, -0.15) is 0 Å². The average Bonchev–Trinajstić information content (AvgIpc) is 0.925. The molecule has 0 aromatic heterocycles. The van der Waals surface area contributed by atoms with Gasteiger partial charge < -0.3 is 60.5 Å². The van der Waals surface area contributed by atoms with Gasteiger partial charge in [-0.05, 0) is 119 Å². The van der Waals surface area contributed by atoms with Crippen molar-refractivity contribution in [1.82, 2.24) is 60.5 Å². The minimum Gasteiger partial charge on any atom is -0.343 e. The molecule has 0 bridgehead atoms. The second-order valence-electron chi connectivity index (χ2n) is 30.5. The van der Waals surface area contributed by atoms with Crippen molar-refractivity contribution < 1.29 is 57.5 Å². The Morgan fingerprint density at radius 3 is 1.59 bits per heavy atom. The van der Waals surface area contributed by atoms with Crippen molar-refractivity contribution in [3.8, 4) is 0 Å². The molecule has 548 valence electrons. The Labute approximate surface area is 583 Å².